The van der Waals surface area contributed by atoms with Crippen LogP contribution < -0.4 is 18.9 Å². The van der Waals surface area contributed by atoms with Crippen LogP contribution in [0, 0.1) is 21.7 Å². The van der Waals surface area contributed by atoms with Crippen molar-refractivity contribution in [2.75, 3.05) is 26.4 Å². The Hall–Kier alpha value is -9.68. The van der Waals surface area contributed by atoms with E-state index in [1.165, 1.54) is 22.3 Å². The smallest absolute Gasteiger partial charge is 0.164 e. The summed E-state index contributed by atoms with van der Waals surface area (Å²) in [7, 11) is 0. The van der Waals surface area contributed by atoms with E-state index in [9.17, 15) is 0 Å². The number of nitrogens with zero attached hydrogens (tertiary/aromatic N) is 6. The number of benzene rings is 8. The van der Waals surface area contributed by atoms with Crippen molar-refractivity contribution < 1.29 is 18.9 Å². The average molecular weight is 1160 g/mol. The lowest BCUT2D eigenvalue weighted by atomic mass is 9.86. The van der Waals surface area contributed by atoms with Crippen molar-refractivity contribution in [2.24, 2.45) is 21.7 Å². The number of aromatic amines is 2. The molecular weight excluding hydrogens is 1090 g/mol. The number of hydrogen-bond acceptors (Lipinski definition) is 10. The molecule has 0 unspecified atom stereocenters. The Bertz CT molecular complexity index is 4230. The number of ether oxygens (including phenoxy) is 4. The van der Waals surface area contributed by atoms with Gasteiger partial charge < -0.3 is 28.9 Å². The Morgan fingerprint density at radius 1 is 0.273 bits per heavy atom. The van der Waals surface area contributed by atoms with Crippen molar-refractivity contribution in [1.82, 2.24) is 39.9 Å². The van der Waals surface area contributed by atoms with Gasteiger partial charge in [-0.05, 0) is 121 Å². The summed E-state index contributed by atoms with van der Waals surface area (Å²) >= 11 is 0. The second kappa shape index (κ2) is 23.5. The number of nitrogens with one attached hydrogen (secondary N) is 2. The minimum absolute atomic E-state index is 0.154. The number of aromatic nitrogens is 8. The van der Waals surface area contributed by atoms with E-state index >= 15 is 0 Å². The van der Waals surface area contributed by atoms with Gasteiger partial charge in [-0.2, -0.15) is 0 Å². The Balaban J connectivity index is 0.963. The molecule has 0 aliphatic carbocycles. The van der Waals surface area contributed by atoms with Crippen molar-refractivity contribution in [2.45, 2.75) is 81.1 Å². The second-order valence-electron chi connectivity index (χ2n) is 26.9. The maximum atomic E-state index is 6.68. The number of H-pyrrole nitrogens is 2. The third-order valence-electron chi connectivity index (χ3n) is 16.3. The summed E-state index contributed by atoms with van der Waals surface area (Å²) in [6, 6.07) is 66.6. The normalized spacial score (nSPS) is 12.5. The van der Waals surface area contributed by atoms with Crippen molar-refractivity contribution >= 4 is 44.1 Å². The molecule has 0 atom stereocenters. The fourth-order valence-corrected chi connectivity index (χ4v) is 12.0. The summed E-state index contributed by atoms with van der Waals surface area (Å²) < 4.78 is 26.7. The average Bonchev–Trinajstić information content (AvgIpc) is 2.83. The Kier molecular flexibility index (Phi) is 15.4. The summed E-state index contributed by atoms with van der Waals surface area (Å²) in [5.41, 5.74) is 9.85. The fourth-order valence-electron chi connectivity index (χ4n) is 12.0. The minimum atomic E-state index is -0.155. The monoisotopic (exact) mass is 1160 g/mol. The van der Waals surface area contributed by atoms with Crippen LogP contribution in [0.5, 0.6) is 23.0 Å². The molecule has 0 saturated heterocycles. The summed E-state index contributed by atoms with van der Waals surface area (Å²) in [5, 5.41) is 3.28. The van der Waals surface area contributed by atoms with Crippen LogP contribution in [0.4, 0.5) is 0 Å². The second-order valence-corrected chi connectivity index (χ2v) is 26.9. The van der Waals surface area contributed by atoms with Crippen molar-refractivity contribution in [1.29, 1.82) is 0 Å². The van der Waals surface area contributed by atoms with Crippen molar-refractivity contribution in [3.05, 3.63) is 216 Å². The van der Waals surface area contributed by atoms with E-state index in [0.717, 1.165) is 69.5 Å². The highest BCUT2D eigenvalue weighted by Crippen LogP contribution is 2.41. The molecule has 12 nitrogen and oxygen atoms in total. The van der Waals surface area contributed by atoms with Gasteiger partial charge in [0.25, 0.3) is 0 Å². The predicted octanol–water partition coefficient (Wildman–Crippen LogP) is 17.5. The van der Waals surface area contributed by atoms with Crippen molar-refractivity contribution in [3.8, 4) is 68.5 Å². The molecule has 2 N–H and O–H groups in total. The quantitative estimate of drug-likeness (QED) is 0.0756. The van der Waals surface area contributed by atoms with E-state index in [4.69, 9.17) is 48.9 Å². The van der Waals surface area contributed by atoms with Crippen LogP contribution in [0.15, 0.2) is 194 Å². The summed E-state index contributed by atoms with van der Waals surface area (Å²) in [6.45, 7) is 19.9. The lowest BCUT2D eigenvalue weighted by molar-refractivity contribution is 0.180. The molecule has 8 aromatic carbocycles. The Morgan fingerprint density at radius 3 is 0.841 bits per heavy atom. The van der Waals surface area contributed by atoms with Crippen LogP contribution in [0.3, 0.4) is 0 Å². The highest BCUT2D eigenvalue weighted by Gasteiger charge is 2.28. The molecule has 88 heavy (non-hydrogen) atoms. The third kappa shape index (κ3) is 13.0. The van der Waals surface area contributed by atoms with Crippen LogP contribution in [0.1, 0.15) is 77.6 Å². The van der Waals surface area contributed by atoms with Gasteiger partial charge in [-0.3, -0.25) is 0 Å². The molecule has 2 aliphatic heterocycles. The van der Waals surface area contributed by atoms with Crippen LogP contribution >= 0.6 is 0 Å². The van der Waals surface area contributed by atoms with Crippen LogP contribution in [-0.2, 0) is 25.7 Å². The lowest BCUT2D eigenvalue weighted by Crippen LogP contribution is -2.24. The van der Waals surface area contributed by atoms with Crippen molar-refractivity contribution in [3.63, 3.8) is 0 Å². The van der Waals surface area contributed by atoms with Gasteiger partial charge in [-0.25, -0.2) is 29.9 Å². The van der Waals surface area contributed by atoms with Gasteiger partial charge >= 0.3 is 0 Å². The molecule has 0 amide bonds. The van der Waals surface area contributed by atoms with Gasteiger partial charge in [-0.15, -0.1) is 0 Å². The number of fused-ring (bicyclic) bond motifs is 20. The highest BCUT2D eigenvalue weighted by atomic mass is 16.5. The van der Waals surface area contributed by atoms with Gasteiger partial charge in [0.15, 0.2) is 23.3 Å². The highest BCUT2D eigenvalue weighted by molar-refractivity contribution is 6.07. The fraction of sp³-hybridized carbons (Fsp3) is 0.263. The van der Waals surface area contributed by atoms with E-state index in [-0.39, 0.29) is 21.7 Å². The third-order valence-corrected chi connectivity index (χ3v) is 16.3. The number of rotatable bonds is 20. The first-order chi connectivity index (χ1) is 42.4. The molecule has 0 radical (unpaired) electrons. The molecule has 2 aliphatic rings. The zero-order valence-corrected chi connectivity index (χ0v) is 51.4. The standard InChI is InChI=1S/C76H74N8O4/c1-73(2,41-49-21-13-9-14-22-49)45-85-53-29-33-57-61(37-53)69-77-65(57)82-70-63-39-55(87-47-75(5,6)43-51-25-17-11-18-26-51)31-35-59(63)67(79-70)84-72-64-40-56(88-48-76(7,8)44-52-27-19-12-20-28-52)32-36-60(64)68(80-72)83-71-62-38-54(30-34-58(62)66(78-71)81-69)86-46-74(3,4)42-50-23-15-10-16-24-50/h9-40H,41-48H2,1-8H3,(H2,77,78,79,80,81,82,83,84). The topological polar surface area (TPSA) is 146 Å². The first kappa shape index (κ1) is 57.4. The lowest BCUT2D eigenvalue weighted by Gasteiger charge is -2.25. The Morgan fingerprint density at radius 2 is 0.534 bits per heavy atom. The molecule has 8 bridgehead atoms. The summed E-state index contributed by atoms with van der Waals surface area (Å²) in [6.07, 6.45) is 3.45. The number of hydrogen-bond donors (Lipinski definition) is 2. The van der Waals surface area contributed by atoms with Crippen LogP contribution in [0.25, 0.3) is 89.7 Å². The Labute approximate surface area is 514 Å². The minimum Gasteiger partial charge on any atom is -0.493 e. The van der Waals surface area contributed by atoms with Gasteiger partial charge in [0, 0.05) is 65.5 Å². The molecule has 442 valence electrons. The molecule has 3 aromatic heterocycles. The van der Waals surface area contributed by atoms with Gasteiger partial charge in [-0.1, -0.05) is 177 Å². The van der Waals surface area contributed by atoms with E-state index in [1.54, 1.807) is 0 Å². The molecule has 11 aromatic rings. The molecule has 0 fully saturated rings. The maximum Gasteiger partial charge on any atom is 0.164 e. The zero-order chi connectivity index (χ0) is 60.6. The van der Waals surface area contributed by atoms with Gasteiger partial charge in [0.05, 0.1) is 26.4 Å². The maximum absolute atomic E-state index is 6.68. The van der Waals surface area contributed by atoms with Crippen LogP contribution in [-0.4, -0.2) is 66.3 Å². The molecule has 5 heterocycles. The van der Waals surface area contributed by atoms with E-state index in [1.807, 2.05) is 72.8 Å². The van der Waals surface area contributed by atoms with Gasteiger partial charge in [0.2, 0.25) is 0 Å². The van der Waals surface area contributed by atoms with Crippen LogP contribution in [0.2, 0.25) is 0 Å². The van der Waals surface area contributed by atoms with E-state index in [0.29, 0.717) is 95.3 Å². The van der Waals surface area contributed by atoms with E-state index < -0.39 is 0 Å². The molecule has 0 spiro atoms. The molecule has 0 saturated carbocycles. The zero-order valence-electron chi connectivity index (χ0n) is 51.4. The molecule has 13 rings (SSSR count). The molecular formula is C76H74N8O4. The predicted molar refractivity (Wildman–Crippen MR) is 354 cm³/mol. The first-order valence-electron chi connectivity index (χ1n) is 30.5. The largest absolute Gasteiger partial charge is 0.493 e. The molecule has 12 heteroatoms. The first-order valence-corrected chi connectivity index (χ1v) is 30.5. The van der Waals surface area contributed by atoms with Gasteiger partial charge in [0.1, 0.15) is 45.6 Å². The summed E-state index contributed by atoms with van der Waals surface area (Å²) in [5.74, 6) is 4.73. The van der Waals surface area contributed by atoms with E-state index in [2.05, 4.69) is 187 Å². The SMILES string of the molecule is CC(C)(COc1ccc2c(c1)-c1nc-2nc2[nH]c(nc3nc(nc4[nH]c(n1)c1ccc(OCC(C)(C)Cc5ccccc5)cc41)-c1ccc(OCC(C)(C)Cc4ccccc4)cc1-3)c1ccc(OCC(C)(C)Cc3ccccc3)cc21)Cc1ccccc1. The summed E-state index contributed by atoms with van der Waals surface area (Å²) in [4.78, 5) is 39.6.